The molecule has 1 rings (SSSR count). The molecule has 3 heteroatoms. The van der Waals surface area contributed by atoms with E-state index in [1.165, 1.54) is 0 Å². The van der Waals surface area contributed by atoms with Crippen LogP contribution >= 0.6 is 15.9 Å². The number of hydrogen-bond acceptors (Lipinski definition) is 2. The van der Waals surface area contributed by atoms with Gasteiger partial charge in [-0.25, -0.2) is 0 Å². The van der Waals surface area contributed by atoms with E-state index in [2.05, 4.69) is 28.1 Å². The second kappa shape index (κ2) is 4.64. The van der Waals surface area contributed by atoms with Gasteiger partial charge in [0.25, 0.3) is 0 Å². The summed E-state index contributed by atoms with van der Waals surface area (Å²) < 4.78 is 0.922. The molecule has 0 radical (unpaired) electrons. The van der Waals surface area contributed by atoms with E-state index in [1.54, 1.807) is 0 Å². The highest BCUT2D eigenvalue weighted by molar-refractivity contribution is 9.10. The van der Waals surface area contributed by atoms with Crippen LogP contribution in [-0.4, -0.2) is 0 Å². The highest BCUT2D eigenvalue weighted by atomic mass is 79.9. The van der Waals surface area contributed by atoms with E-state index >= 15 is 0 Å². The molecular weight excluding hydrogens is 228 g/mol. The largest absolute Gasteiger partial charge is 0.198 e. The normalized spacial score (nSPS) is 8.85. The Morgan fingerprint density at radius 2 is 1.46 bits per heavy atom. The van der Waals surface area contributed by atoms with Crippen molar-refractivity contribution in [1.29, 1.82) is 10.5 Å². The van der Waals surface area contributed by atoms with Crippen LogP contribution in [-0.2, 0) is 12.8 Å². The average Bonchev–Trinajstić information content (AvgIpc) is 2.04. The van der Waals surface area contributed by atoms with Gasteiger partial charge in [-0.15, -0.1) is 0 Å². The molecule has 0 saturated carbocycles. The lowest BCUT2D eigenvalue weighted by molar-refractivity contribution is 1.20. The zero-order valence-corrected chi connectivity index (χ0v) is 8.50. The predicted octanol–water partition coefficient (Wildman–Crippen LogP) is 2.58. The van der Waals surface area contributed by atoms with Gasteiger partial charge in [0.15, 0.2) is 0 Å². The first-order valence-corrected chi connectivity index (χ1v) is 4.58. The molecule has 0 heterocycles. The van der Waals surface area contributed by atoms with Crippen LogP contribution in [0.5, 0.6) is 0 Å². The van der Waals surface area contributed by atoms with Crippen molar-refractivity contribution in [2.45, 2.75) is 12.8 Å². The molecule has 0 N–H and O–H groups in total. The minimum Gasteiger partial charge on any atom is -0.198 e. The van der Waals surface area contributed by atoms with Gasteiger partial charge >= 0.3 is 0 Å². The molecule has 0 spiro atoms. The second-order valence-electron chi connectivity index (χ2n) is 2.64. The monoisotopic (exact) mass is 234 g/mol. The first kappa shape index (κ1) is 9.77. The van der Waals surface area contributed by atoms with Crippen LogP contribution in [0.3, 0.4) is 0 Å². The zero-order valence-electron chi connectivity index (χ0n) is 6.92. The minimum absolute atomic E-state index is 0.387. The summed E-state index contributed by atoms with van der Waals surface area (Å²) in [4.78, 5) is 0. The van der Waals surface area contributed by atoms with Crippen LogP contribution in [0.4, 0.5) is 0 Å². The lowest BCUT2D eigenvalue weighted by Crippen LogP contribution is -1.87. The van der Waals surface area contributed by atoms with Gasteiger partial charge in [0.1, 0.15) is 0 Å². The average molecular weight is 235 g/mol. The summed E-state index contributed by atoms with van der Waals surface area (Å²) in [6.07, 6.45) is 0.774. The molecule has 0 aliphatic carbocycles. The maximum Gasteiger partial charge on any atom is 0.0669 e. The van der Waals surface area contributed by atoms with E-state index in [0.29, 0.717) is 12.8 Å². The summed E-state index contributed by atoms with van der Waals surface area (Å²) >= 11 is 3.33. The van der Waals surface area contributed by atoms with Crippen LogP contribution in [0.25, 0.3) is 0 Å². The van der Waals surface area contributed by atoms with Crippen LogP contribution in [0.2, 0.25) is 0 Å². The molecular formula is C10H7BrN2. The van der Waals surface area contributed by atoms with Gasteiger partial charge in [-0.2, -0.15) is 10.5 Å². The molecule has 0 bridgehead atoms. The van der Waals surface area contributed by atoms with E-state index in [4.69, 9.17) is 10.5 Å². The fourth-order valence-electron chi connectivity index (χ4n) is 1.10. The third kappa shape index (κ3) is 2.89. The number of halogens is 1. The first-order valence-electron chi connectivity index (χ1n) is 3.78. The van der Waals surface area contributed by atoms with E-state index in [1.807, 2.05) is 18.2 Å². The van der Waals surface area contributed by atoms with Gasteiger partial charge in [0, 0.05) is 4.47 Å². The van der Waals surface area contributed by atoms with Gasteiger partial charge in [-0.05, 0) is 23.3 Å². The van der Waals surface area contributed by atoms with Crippen molar-refractivity contribution in [3.05, 3.63) is 33.8 Å². The van der Waals surface area contributed by atoms with E-state index in [-0.39, 0.29) is 0 Å². The van der Waals surface area contributed by atoms with Crippen LogP contribution in [0, 0.1) is 22.7 Å². The van der Waals surface area contributed by atoms with E-state index in [0.717, 1.165) is 15.6 Å². The Hall–Kier alpha value is -1.32. The molecule has 64 valence electrons. The SMILES string of the molecule is N#CCc1cc(Br)cc(CC#N)c1. The Bertz CT molecular complexity index is 351. The number of nitriles is 2. The number of benzene rings is 1. The smallest absolute Gasteiger partial charge is 0.0669 e. The fourth-order valence-corrected chi connectivity index (χ4v) is 1.69. The van der Waals surface area contributed by atoms with Crippen molar-refractivity contribution < 1.29 is 0 Å². The number of rotatable bonds is 2. The summed E-state index contributed by atoms with van der Waals surface area (Å²) in [5.41, 5.74) is 1.89. The third-order valence-electron chi connectivity index (χ3n) is 1.58. The molecule has 0 atom stereocenters. The highest BCUT2D eigenvalue weighted by Gasteiger charge is 1.98. The van der Waals surface area contributed by atoms with Gasteiger partial charge in [0.05, 0.1) is 25.0 Å². The zero-order chi connectivity index (χ0) is 9.68. The Labute approximate surface area is 85.5 Å². The first-order chi connectivity index (χ1) is 6.26. The van der Waals surface area contributed by atoms with Crippen LogP contribution in [0.15, 0.2) is 22.7 Å². The van der Waals surface area contributed by atoms with E-state index in [9.17, 15) is 0 Å². The predicted molar refractivity (Wildman–Crippen MR) is 52.8 cm³/mol. The molecule has 1 aromatic rings. The van der Waals surface area contributed by atoms with Crippen LogP contribution < -0.4 is 0 Å². The molecule has 1 aromatic carbocycles. The van der Waals surface area contributed by atoms with Gasteiger partial charge in [0.2, 0.25) is 0 Å². The molecule has 13 heavy (non-hydrogen) atoms. The quantitative estimate of drug-likeness (QED) is 0.790. The molecule has 0 saturated heterocycles. The maximum atomic E-state index is 8.50. The van der Waals surface area contributed by atoms with Gasteiger partial charge in [-0.3, -0.25) is 0 Å². The summed E-state index contributed by atoms with van der Waals surface area (Å²) in [5.74, 6) is 0. The maximum absolute atomic E-state index is 8.50. The highest BCUT2D eigenvalue weighted by Crippen LogP contribution is 2.16. The van der Waals surface area contributed by atoms with Crippen LogP contribution in [0.1, 0.15) is 11.1 Å². The van der Waals surface area contributed by atoms with Crippen molar-refractivity contribution in [2.75, 3.05) is 0 Å². The van der Waals surface area contributed by atoms with Crippen molar-refractivity contribution in [1.82, 2.24) is 0 Å². The lowest BCUT2D eigenvalue weighted by atomic mass is 10.1. The van der Waals surface area contributed by atoms with E-state index < -0.39 is 0 Å². The number of hydrogen-bond donors (Lipinski definition) is 0. The van der Waals surface area contributed by atoms with Crippen molar-refractivity contribution in [3.8, 4) is 12.1 Å². The molecule has 0 fully saturated rings. The molecule has 0 aliphatic heterocycles. The minimum atomic E-state index is 0.387. The van der Waals surface area contributed by atoms with Crippen molar-refractivity contribution in [3.63, 3.8) is 0 Å². The van der Waals surface area contributed by atoms with Crippen molar-refractivity contribution >= 4 is 15.9 Å². The molecule has 0 aliphatic rings. The molecule has 0 aromatic heterocycles. The lowest BCUT2D eigenvalue weighted by Gasteiger charge is -2.00. The Morgan fingerprint density at radius 1 is 1.00 bits per heavy atom. The van der Waals surface area contributed by atoms with Crippen molar-refractivity contribution in [2.24, 2.45) is 0 Å². The summed E-state index contributed by atoms with van der Waals surface area (Å²) in [6, 6.07) is 9.83. The number of nitrogens with zero attached hydrogens (tertiary/aromatic N) is 2. The third-order valence-corrected chi connectivity index (χ3v) is 2.04. The standard InChI is InChI=1S/C10H7BrN2/c11-10-6-8(1-3-12)5-9(7-10)2-4-13/h5-7H,1-2H2. The summed E-state index contributed by atoms with van der Waals surface area (Å²) in [5, 5.41) is 17.0. The Morgan fingerprint density at radius 3 is 1.85 bits per heavy atom. The molecule has 2 nitrogen and oxygen atoms in total. The molecule has 0 unspecified atom stereocenters. The Kier molecular flexibility index (Phi) is 3.49. The van der Waals surface area contributed by atoms with Gasteiger partial charge in [-0.1, -0.05) is 22.0 Å². The second-order valence-corrected chi connectivity index (χ2v) is 3.55. The fraction of sp³-hybridized carbons (Fsp3) is 0.200. The summed E-state index contributed by atoms with van der Waals surface area (Å²) in [7, 11) is 0. The Balaban J connectivity index is 2.99. The van der Waals surface area contributed by atoms with Gasteiger partial charge < -0.3 is 0 Å². The topological polar surface area (TPSA) is 47.6 Å². The molecule has 0 amide bonds. The summed E-state index contributed by atoms with van der Waals surface area (Å²) in [6.45, 7) is 0.